The summed E-state index contributed by atoms with van der Waals surface area (Å²) in [7, 11) is 0. The molecule has 1 aliphatic rings. The van der Waals surface area contributed by atoms with E-state index in [1.165, 1.54) is 0 Å². The number of aryl methyl sites for hydroxylation is 1. The van der Waals surface area contributed by atoms with Crippen LogP contribution in [-0.4, -0.2) is 52.1 Å². The van der Waals surface area contributed by atoms with E-state index in [9.17, 15) is 9.59 Å². The summed E-state index contributed by atoms with van der Waals surface area (Å²) < 4.78 is 6.10. The van der Waals surface area contributed by atoms with Crippen LogP contribution in [0, 0.1) is 18.3 Å². The van der Waals surface area contributed by atoms with E-state index < -0.39 is 5.54 Å². The van der Waals surface area contributed by atoms with Gasteiger partial charge in [-0.1, -0.05) is 11.6 Å². The fraction of sp³-hybridized carbons (Fsp3) is 0.333. The lowest BCUT2D eigenvalue weighted by molar-refractivity contribution is -0.141. The number of aromatic amines is 1. The van der Waals surface area contributed by atoms with Crippen molar-refractivity contribution in [2.75, 3.05) is 19.7 Å². The van der Waals surface area contributed by atoms with Crippen LogP contribution >= 0.6 is 27.5 Å². The summed E-state index contributed by atoms with van der Waals surface area (Å²) in [6.07, 6.45) is 0. The molecule has 0 spiro atoms. The fourth-order valence-electron chi connectivity index (χ4n) is 2.86. The summed E-state index contributed by atoms with van der Waals surface area (Å²) in [4.78, 5) is 26.2. The number of ether oxygens (including phenoxy) is 1. The smallest absolute Gasteiger partial charge is 0.273 e. The highest BCUT2D eigenvalue weighted by Gasteiger charge is 2.43. The van der Waals surface area contributed by atoms with Gasteiger partial charge in [0.1, 0.15) is 11.8 Å². The molecule has 1 aliphatic heterocycles. The predicted octanol–water partition coefficient (Wildman–Crippen LogP) is 2.42. The molecule has 1 aromatic heterocycles. The largest absolute Gasteiger partial charge is 0.484 e. The van der Waals surface area contributed by atoms with Gasteiger partial charge in [-0.05, 0) is 48.0 Å². The highest BCUT2D eigenvalue weighted by molar-refractivity contribution is 9.10. The maximum atomic E-state index is 12.3. The molecule has 0 radical (unpaired) electrons. The van der Waals surface area contributed by atoms with Crippen LogP contribution in [0.4, 0.5) is 0 Å². The van der Waals surface area contributed by atoms with Crippen LogP contribution < -0.4 is 10.1 Å². The van der Waals surface area contributed by atoms with Gasteiger partial charge in [-0.2, -0.15) is 10.4 Å². The van der Waals surface area contributed by atoms with Crippen molar-refractivity contribution >= 4 is 39.3 Å². The Morgan fingerprint density at radius 1 is 1.50 bits per heavy atom. The number of nitriles is 1. The maximum Gasteiger partial charge on any atom is 0.273 e. The SMILES string of the molecule is Cc1[nH]nc(C(=O)NC2(C)CN(C(=O)COc3ccc(C#N)c(Br)c3)C2)c1Cl. The van der Waals surface area contributed by atoms with Crippen LogP contribution in [0.5, 0.6) is 5.75 Å². The molecule has 0 unspecified atom stereocenters. The Kier molecular flexibility index (Phi) is 5.63. The molecule has 1 aromatic carbocycles. The maximum absolute atomic E-state index is 12.3. The minimum atomic E-state index is -0.555. The third-order valence-electron chi connectivity index (χ3n) is 4.36. The van der Waals surface area contributed by atoms with E-state index in [1.54, 1.807) is 30.0 Å². The number of hydrogen-bond donors (Lipinski definition) is 2. The van der Waals surface area contributed by atoms with Crippen molar-refractivity contribution in [3.05, 3.63) is 44.6 Å². The number of carbonyl (C=O) groups excluding carboxylic acids is 2. The Labute approximate surface area is 174 Å². The Morgan fingerprint density at radius 2 is 2.21 bits per heavy atom. The number of rotatable bonds is 5. The van der Waals surface area contributed by atoms with Crippen LogP contribution in [0.25, 0.3) is 0 Å². The molecule has 2 N–H and O–H groups in total. The molecule has 10 heteroatoms. The van der Waals surface area contributed by atoms with Crippen LogP contribution in [0.15, 0.2) is 22.7 Å². The van der Waals surface area contributed by atoms with Crippen molar-refractivity contribution < 1.29 is 14.3 Å². The van der Waals surface area contributed by atoms with Gasteiger partial charge in [-0.25, -0.2) is 0 Å². The number of benzene rings is 1. The van der Waals surface area contributed by atoms with E-state index in [0.29, 0.717) is 34.6 Å². The topological polar surface area (TPSA) is 111 Å². The first kappa shape index (κ1) is 20.2. The van der Waals surface area contributed by atoms with Crippen LogP contribution in [-0.2, 0) is 4.79 Å². The summed E-state index contributed by atoms with van der Waals surface area (Å²) in [5.41, 5.74) is 0.689. The lowest BCUT2D eigenvalue weighted by atomic mass is 9.92. The minimum Gasteiger partial charge on any atom is -0.484 e. The molecule has 0 atom stereocenters. The van der Waals surface area contributed by atoms with Crippen LogP contribution in [0.1, 0.15) is 28.7 Å². The monoisotopic (exact) mass is 465 g/mol. The van der Waals surface area contributed by atoms with E-state index in [1.807, 2.05) is 13.0 Å². The third kappa shape index (κ3) is 4.13. The van der Waals surface area contributed by atoms with Crippen molar-refractivity contribution in [3.8, 4) is 11.8 Å². The van der Waals surface area contributed by atoms with Crippen molar-refractivity contribution in [1.29, 1.82) is 5.26 Å². The average molecular weight is 467 g/mol. The standard InChI is InChI=1S/C18H17BrClN5O3/c1-10-15(20)16(24-23-10)17(27)22-18(2)8-25(9-18)14(26)7-28-12-4-3-11(6-21)13(19)5-12/h3-5H,7-9H2,1-2H3,(H,22,27)(H,23,24). The van der Waals surface area contributed by atoms with Gasteiger partial charge in [0.25, 0.3) is 11.8 Å². The van der Waals surface area contributed by atoms with Gasteiger partial charge < -0.3 is 15.0 Å². The predicted molar refractivity (Wildman–Crippen MR) is 105 cm³/mol. The summed E-state index contributed by atoms with van der Waals surface area (Å²) in [6, 6.07) is 6.92. The second kappa shape index (κ2) is 7.81. The Morgan fingerprint density at radius 3 is 2.79 bits per heavy atom. The number of likely N-dealkylation sites (tertiary alicyclic amines) is 1. The van der Waals surface area contributed by atoms with Gasteiger partial charge in [-0.15, -0.1) is 0 Å². The summed E-state index contributed by atoms with van der Waals surface area (Å²) in [5.74, 6) is -0.0946. The van der Waals surface area contributed by atoms with Crippen molar-refractivity contribution in [1.82, 2.24) is 20.4 Å². The third-order valence-corrected chi connectivity index (χ3v) is 5.48. The van der Waals surface area contributed by atoms with E-state index >= 15 is 0 Å². The van der Waals surface area contributed by atoms with E-state index in [4.69, 9.17) is 21.6 Å². The molecule has 28 heavy (non-hydrogen) atoms. The zero-order chi connectivity index (χ0) is 20.5. The molecule has 2 amide bonds. The van der Waals surface area contributed by atoms with Gasteiger partial charge in [0.2, 0.25) is 0 Å². The highest BCUT2D eigenvalue weighted by Crippen LogP contribution is 2.25. The lowest BCUT2D eigenvalue weighted by Gasteiger charge is -2.48. The molecule has 1 fully saturated rings. The number of nitrogens with one attached hydrogen (secondary N) is 2. The summed E-state index contributed by atoms with van der Waals surface area (Å²) >= 11 is 9.32. The molecular weight excluding hydrogens is 450 g/mol. The molecule has 2 heterocycles. The Hall–Kier alpha value is -2.57. The van der Waals surface area contributed by atoms with Gasteiger partial charge in [0.05, 0.1) is 21.8 Å². The number of aromatic nitrogens is 2. The number of nitrogens with zero attached hydrogens (tertiary/aromatic N) is 3. The molecule has 1 saturated heterocycles. The normalized spacial score (nSPS) is 14.8. The van der Waals surface area contributed by atoms with Gasteiger partial charge in [0.15, 0.2) is 12.3 Å². The zero-order valence-corrected chi connectivity index (χ0v) is 17.5. The fourth-order valence-corrected chi connectivity index (χ4v) is 3.48. The quantitative estimate of drug-likeness (QED) is 0.703. The van der Waals surface area contributed by atoms with Crippen LogP contribution in [0.3, 0.4) is 0 Å². The lowest BCUT2D eigenvalue weighted by Crippen LogP contribution is -2.70. The second-order valence-electron chi connectivity index (χ2n) is 6.82. The number of amides is 2. The number of halogens is 2. The summed E-state index contributed by atoms with van der Waals surface area (Å²) in [6.45, 7) is 4.16. The Bertz CT molecular complexity index is 978. The van der Waals surface area contributed by atoms with E-state index in [2.05, 4.69) is 31.4 Å². The van der Waals surface area contributed by atoms with Gasteiger partial charge >= 0.3 is 0 Å². The first-order valence-corrected chi connectivity index (χ1v) is 9.53. The molecule has 8 nitrogen and oxygen atoms in total. The molecule has 0 bridgehead atoms. The number of carbonyl (C=O) groups is 2. The zero-order valence-electron chi connectivity index (χ0n) is 15.2. The molecule has 3 rings (SSSR count). The number of H-pyrrole nitrogens is 1. The van der Waals surface area contributed by atoms with E-state index in [-0.39, 0.29) is 29.1 Å². The van der Waals surface area contributed by atoms with E-state index in [0.717, 1.165) is 0 Å². The van der Waals surface area contributed by atoms with Crippen LogP contribution in [0.2, 0.25) is 5.02 Å². The van der Waals surface area contributed by atoms with Crippen molar-refractivity contribution in [3.63, 3.8) is 0 Å². The molecule has 146 valence electrons. The van der Waals surface area contributed by atoms with Crippen molar-refractivity contribution in [2.24, 2.45) is 0 Å². The van der Waals surface area contributed by atoms with Crippen molar-refractivity contribution in [2.45, 2.75) is 19.4 Å². The average Bonchev–Trinajstić information content (AvgIpc) is 2.96. The molecule has 0 saturated carbocycles. The van der Waals surface area contributed by atoms with Gasteiger partial charge in [0, 0.05) is 17.6 Å². The first-order valence-electron chi connectivity index (χ1n) is 8.35. The number of hydrogen-bond acceptors (Lipinski definition) is 5. The molecular formula is C18H17BrClN5O3. The summed E-state index contributed by atoms with van der Waals surface area (Å²) in [5, 5.41) is 18.6. The Balaban J connectivity index is 1.50. The minimum absolute atomic E-state index is 0.132. The van der Waals surface area contributed by atoms with Gasteiger partial charge in [-0.3, -0.25) is 14.7 Å². The highest BCUT2D eigenvalue weighted by atomic mass is 79.9. The first-order chi connectivity index (χ1) is 13.2. The second-order valence-corrected chi connectivity index (χ2v) is 8.05. The molecule has 0 aliphatic carbocycles. The molecule has 2 aromatic rings.